The van der Waals surface area contributed by atoms with Gasteiger partial charge in [0.1, 0.15) is 5.65 Å². The third kappa shape index (κ3) is 3.30. The van der Waals surface area contributed by atoms with Gasteiger partial charge in [0, 0.05) is 24.2 Å². The molecule has 6 heteroatoms. The van der Waals surface area contributed by atoms with Crippen molar-refractivity contribution < 1.29 is 10.0 Å². The van der Waals surface area contributed by atoms with Crippen molar-refractivity contribution in [1.82, 2.24) is 19.8 Å². The van der Waals surface area contributed by atoms with E-state index in [9.17, 15) is 10.0 Å². The summed E-state index contributed by atoms with van der Waals surface area (Å²) in [7, 11) is 0. The third-order valence-corrected chi connectivity index (χ3v) is 4.62. The van der Waals surface area contributed by atoms with E-state index in [1.807, 2.05) is 65.2 Å². The zero-order valence-electron chi connectivity index (χ0n) is 14.5. The van der Waals surface area contributed by atoms with Crippen molar-refractivity contribution in [3.63, 3.8) is 0 Å². The Balaban J connectivity index is 1.80. The van der Waals surface area contributed by atoms with Crippen molar-refractivity contribution in [2.45, 2.75) is 12.3 Å². The molecule has 134 valence electrons. The van der Waals surface area contributed by atoms with E-state index in [2.05, 4.69) is 9.97 Å². The van der Waals surface area contributed by atoms with Crippen LogP contribution in [0.1, 0.15) is 17.2 Å². The highest BCUT2D eigenvalue weighted by atomic mass is 16.5. The highest BCUT2D eigenvalue weighted by Gasteiger charge is 2.25. The third-order valence-electron chi connectivity index (χ3n) is 4.62. The monoisotopic (exact) mass is 358 g/mol. The minimum absolute atomic E-state index is 0.459. The van der Waals surface area contributed by atoms with Gasteiger partial charge >= 0.3 is 0 Å². The number of pyridine rings is 2. The van der Waals surface area contributed by atoms with Crippen LogP contribution < -0.4 is 5.48 Å². The predicted molar refractivity (Wildman–Crippen MR) is 101 cm³/mol. The van der Waals surface area contributed by atoms with E-state index in [1.165, 1.54) is 0 Å². The van der Waals surface area contributed by atoms with Gasteiger partial charge in [-0.05, 0) is 41.8 Å². The number of benzene rings is 1. The second-order valence-corrected chi connectivity index (χ2v) is 6.25. The first-order valence-corrected chi connectivity index (χ1v) is 8.62. The van der Waals surface area contributed by atoms with Crippen molar-refractivity contribution in [2.24, 2.45) is 0 Å². The van der Waals surface area contributed by atoms with Crippen LogP contribution in [-0.4, -0.2) is 25.5 Å². The summed E-state index contributed by atoms with van der Waals surface area (Å²) in [4.78, 5) is 21.0. The molecule has 0 aliphatic carbocycles. The quantitative estimate of drug-likeness (QED) is 0.424. The summed E-state index contributed by atoms with van der Waals surface area (Å²) in [5.41, 5.74) is 6.23. The van der Waals surface area contributed by atoms with Gasteiger partial charge < -0.3 is 4.40 Å². The molecular weight excluding hydrogens is 340 g/mol. The molecule has 6 nitrogen and oxygen atoms in total. The number of carbonyl (C=O) groups is 1. The molecule has 0 saturated carbocycles. The fourth-order valence-corrected chi connectivity index (χ4v) is 3.30. The topological polar surface area (TPSA) is 79.5 Å². The minimum Gasteiger partial charge on any atom is -0.303 e. The first kappa shape index (κ1) is 16.9. The van der Waals surface area contributed by atoms with Gasteiger partial charge in [-0.25, -0.2) is 10.5 Å². The summed E-state index contributed by atoms with van der Waals surface area (Å²) >= 11 is 0. The lowest BCUT2D eigenvalue weighted by molar-refractivity contribution is -0.130. The summed E-state index contributed by atoms with van der Waals surface area (Å²) in [6.45, 7) is 0. The summed E-state index contributed by atoms with van der Waals surface area (Å²) in [6.07, 6.45) is 7.51. The van der Waals surface area contributed by atoms with Crippen molar-refractivity contribution >= 4 is 11.6 Å². The molecule has 1 unspecified atom stereocenters. The first-order chi connectivity index (χ1) is 13.3. The number of fused-ring (bicyclic) bond motifs is 1. The van der Waals surface area contributed by atoms with Gasteiger partial charge in [0.05, 0.1) is 17.8 Å². The smallest absolute Gasteiger partial charge is 0.252 e. The Morgan fingerprint density at radius 2 is 1.85 bits per heavy atom. The number of rotatable bonds is 5. The maximum atomic E-state index is 12.4. The van der Waals surface area contributed by atoms with Crippen LogP contribution in [0.2, 0.25) is 0 Å². The maximum absolute atomic E-state index is 12.4. The number of hydrogen-bond donors (Lipinski definition) is 2. The molecule has 27 heavy (non-hydrogen) atoms. The van der Waals surface area contributed by atoms with E-state index in [4.69, 9.17) is 0 Å². The van der Waals surface area contributed by atoms with Gasteiger partial charge in [-0.2, -0.15) is 0 Å². The van der Waals surface area contributed by atoms with Crippen LogP contribution in [0.3, 0.4) is 0 Å². The highest BCUT2D eigenvalue weighted by Crippen LogP contribution is 2.28. The molecule has 1 amide bonds. The van der Waals surface area contributed by atoms with Crippen LogP contribution in [0, 0.1) is 0 Å². The van der Waals surface area contributed by atoms with Crippen LogP contribution >= 0.6 is 0 Å². The fourth-order valence-electron chi connectivity index (χ4n) is 3.30. The average molecular weight is 358 g/mol. The molecule has 4 rings (SSSR count). The second-order valence-electron chi connectivity index (χ2n) is 6.25. The summed E-state index contributed by atoms with van der Waals surface area (Å²) in [5, 5.41) is 9.25. The molecule has 0 aliphatic rings. The average Bonchev–Trinajstić information content (AvgIpc) is 3.17. The van der Waals surface area contributed by atoms with Gasteiger partial charge in [0.15, 0.2) is 0 Å². The molecule has 3 aromatic heterocycles. The predicted octanol–water partition coefficient (Wildman–Crippen LogP) is 3.23. The molecule has 4 aromatic rings. The van der Waals surface area contributed by atoms with Gasteiger partial charge in [-0.1, -0.05) is 30.3 Å². The van der Waals surface area contributed by atoms with Crippen molar-refractivity contribution in [3.8, 4) is 11.1 Å². The van der Waals surface area contributed by atoms with E-state index < -0.39 is 11.8 Å². The largest absolute Gasteiger partial charge is 0.303 e. The second kappa shape index (κ2) is 7.39. The van der Waals surface area contributed by atoms with Crippen molar-refractivity contribution in [3.05, 3.63) is 90.6 Å². The summed E-state index contributed by atoms with van der Waals surface area (Å²) in [5.74, 6) is -1.03. The summed E-state index contributed by atoms with van der Waals surface area (Å²) < 4.78 is 1.90. The van der Waals surface area contributed by atoms with E-state index in [0.29, 0.717) is 6.42 Å². The Hall–Kier alpha value is -3.51. The number of aromatic nitrogens is 3. The van der Waals surface area contributed by atoms with Crippen LogP contribution in [0.15, 0.2) is 79.4 Å². The lowest BCUT2D eigenvalue weighted by Gasteiger charge is -2.15. The van der Waals surface area contributed by atoms with E-state index >= 15 is 0 Å². The number of hydrogen-bond acceptors (Lipinski definition) is 4. The molecule has 0 spiro atoms. The lowest BCUT2D eigenvalue weighted by Crippen LogP contribution is -2.28. The Kier molecular flexibility index (Phi) is 4.63. The Labute approximate surface area is 156 Å². The Morgan fingerprint density at radius 3 is 2.59 bits per heavy atom. The molecule has 0 radical (unpaired) electrons. The number of nitrogens with one attached hydrogen (secondary N) is 1. The van der Waals surface area contributed by atoms with Gasteiger partial charge in [-0.3, -0.25) is 15.0 Å². The van der Waals surface area contributed by atoms with Crippen molar-refractivity contribution in [1.29, 1.82) is 0 Å². The Bertz CT molecular complexity index is 1060. The minimum atomic E-state index is -0.569. The SMILES string of the molecule is O=C(NO)C(Cc1ccccc1)c1cnc2c(-c3ccncc3)cccn12. The van der Waals surface area contributed by atoms with Gasteiger partial charge in [0.2, 0.25) is 0 Å². The molecular formula is C21H18N4O2. The highest BCUT2D eigenvalue weighted by molar-refractivity contribution is 5.84. The Morgan fingerprint density at radius 1 is 1.07 bits per heavy atom. The number of carbonyl (C=O) groups excluding carboxylic acids is 1. The zero-order chi connectivity index (χ0) is 18.6. The molecule has 1 atom stereocenters. The molecule has 1 aromatic carbocycles. The van der Waals surface area contributed by atoms with E-state index in [1.54, 1.807) is 24.1 Å². The number of nitrogens with zero attached hydrogens (tertiary/aromatic N) is 3. The van der Waals surface area contributed by atoms with Crippen LogP contribution in [0.25, 0.3) is 16.8 Å². The summed E-state index contributed by atoms with van der Waals surface area (Å²) in [6, 6.07) is 17.5. The number of amides is 1. The fraction of sp³-hybridized carbons (Fsp3) is 0.0952. The van der Waals surface area contributed by atoms with Crippen LogP contribution in [0.5, 0.6) is 0 Å². The standard InChI is InChI=1S/C21H18N4O2/c26-21(24-27)18(13-15-5-2-1-3-6-15)19-14-23-20-17(7-4-12-25(19)20)16-8-10-22-11-9-16/h1-12,14,18,27H,13H2,(H,24,26). The van der Waals surface area contributed by atoms with Gasteiger partial charge in [-0.15, -0.1) is 0 Å². The van der Waals surface area contributed by atoms with Gasteiger partial charge in [0.25, 0.3) is 5.91 Å². The first-order valence-electron chi connectivity index (χ1n) is 8.62. The molecule has 0 fully saturated rings. The zero-order valence-corrected chi connectivity index (χ0v) is 14.5. The van der Waals surface area contributed by atoms with E-state index in [-0.39, 0.29) is 0 Å². The van der Waals surface area contributed by atoms with Crippen LogP contribution in [-0.2, 0) is 11.2 Å². The number of imidazole rings is 1. The number of hydroxylamine groups is 1. The van der Waals surface area contributed by atoms with E-state index in [0.717, 1.165) is 28.0 Å². The van der Waals surface area contributed by atoms with Crippen molar-refractivity contribution in [2.75, 3.05) is 0 Å². The molecule has 3 heterocycles. The normalized spacial score (nSPS) is 12.0. The molecule has 2 N–H and O–H groups in total. The van der Waals surface area contributed by atoms with Crippen LogP contribution in [0.4, 0.5) is 0 Å². The molecule has 0 aliphatic heterocycles. The maximum Gasteiger partial charge on any atom is 0.252 e. The molecule has 0 saturated heterocycles. The lowest BCUT2D eigenvalue weighted by atomic mass is 9.96. The molecule has 0 bridgehead atoms.